The minimum Gasteiger partial charge on any atom is -0.462 e. The standard InChI is InChI=1S/C29H24F4O5S2/c30-28(31,21-22-37-27(34)23-13-5-1-6-14-23)29(32,33)40(35,36)38-39(24-15-7-2-8-16-24,25-17-9-3-10-18-25)26-19-11-4-12-20-26/h1-20H,21-22H2. The summed E-state index contributed by atoms with van der Waals surface area (Å²) < 4.78 is 97.0. The number of carbonyl (C=O) groups excluding carboxylic acids is 1. The second kappa shape index (κ2) is 11.8. The van der Waals surface area contributed by atoms with Crippen LogP contribution in [0.5, 0.6) is 0 Å². The van der Waals surface area contributed by atoms with Gasteiger partial charge >= 0.3 is 27.3 Å². The van der Waals surface area contributed by atoms with E-state index in [1.165, 1.54) is 60.7 Å². The van der Waals surface area contributed by atoms with Crippen molar-refractivity contribution < 1.29 is 39.1 Å². The maximum absolute atomic E-state index is 15.3. The van der Waals surface area contributed by atoms with Gasteiger partial charge in [-0.2, -0.15) is 26.0 Å². The number of hydrogen-bond donors (Lipinski definition) is 0. The van der Waals surface area contributed by atoms with Gasteiger partial charge in [0.1, 0.15) is 0 Å². The molecule has 11 heteroatoms. The fraction of sp³-hybridized carbons (Fsp3) is 0.138. The highest BCUT2D eigenvalue weighted by atomic mass is 32.3. The zero-order chi connectivity index (χ0) is 28.9. The van der Waals surface area contributed by atoms with Gasteiger partial charge in [-0.25, -0.2) is 8.42 Å². The Morgan fingerprint density at radius 1 is 0.625 bits per heavy atom. The molecule has 40 heavy (non-hydrogen) atoms. The van der Waals surface area contributed by atoms with E-state index in [4.69, 9.17) is 8.37 Å². The predicted molar refractivity (Wildman–Crippen MR) is 143 cm³/mol. The first-order valence-electron chi connectivity index (χ1n) is 11.9. The van der Waals surface area contributed by atoms with Crippen molar-refractivity contribution >= 4 is 26.4 Å². The van der Waals surface area contributed by atoms with E-state index < -0.39 is 50.6 Å². The molecule has 5 nitrogen and oxygen atoms in total. The zero-order valence-electron chi connectivity index (χ0n) is 20.8. The fourth-order valence-corrected chi connectivity index (χ4v) is 9.06. The second-order valence-corrected chi connectivity index (χ2v) is 13.0. The molecule has 4 rings (SSSR count). The molecule has 0 aliphatic heterocycles. The SMILES string of the molecule is O=C(OCCC(F)(F)C(F)(F)S(=O)(=O)OS(c1ccccc1)(c1ccccc1)c1ccccc1)c1ccccc1. The van der Waals surface area contributed by atoms with Crippen molar-refractivity contribution in [1.82, 2.24) is 0 Å². The number of rotatable bonds is 11. The molecular weight excluding hydrogens is 568 g/mol. The molecule has 0 spiro atoms. The van der Waals surface area contributed by atoms with Crippen molar-refractivity contribution in [2.75, 3.05) is 6.61 Å². The Bertz CT molecular complexity index is 1420. The molecule has 4 aromatic carbocycles. The molecule has 4 aromatic rings. The van der Waals surface area contributed by atoms with Crippen LogP contribution < -0.4 is 0 Å². The molecule has 0 unspecified atom stereocenters. The molecule has 0 radical (unpaired) electrons. The maximum Gasteiger partial charge on any atom is 0.432 e. The van der Waals surface area contributed by atoms with E-state index >= 15 is 8.78 Å². The van der Waals surface area contributed by atoms with Gasteiger partial charge in [0.25, 0.3) is 0 Å². The molecule has 210 valence electrons. The van der Waals surface area contributed by atoms with Crippen LogP contribution in [0.4, 0.5) is 17.6 Å². The number of esters is 1. The highest BCUT2D eigenvalue weighted by Gasteiger charge is 2.67. The first-order valence-corrected chi connectivity index (χ1v) is 14.9. The van der Waals surface area contributed by atoms with Crippen LogP contribution in [0.15, 0.2) is 136 Å². The average Bonchev–Trinajstić information content (AvgIpc) is 2.97. The Labute approximate surface area is 231 Å². The predicted octanol–water partition coefficient (Wildman–Crippen LogP) is 7.70. The van der Waals surface area contributed by atoms with Crippen LogP contribution in [-0.4, -0.2) is 32.2 Å². The van der Waals surface area contributed by atoms with E-state index in [9.17, 15) is 22.0 Å². The van der Waals surface area contributed by atoms with Gasteiger partial charge in [-0.05, 0) is 58.8 Å². The third-order valence-corrected chi connectivity index (χ3v) is 11.1. The van der Waals surface area contributed by atoms with Crippen molar-refractivity contribution in [3.8, 4) is 0 Å². The van der Waals surface area contributed by atoms with Crippen LogP contribution in [-0.2, 0) is 18.5 Å². The van der Waals surface area contributed by atoms with Crippen molar-refractivity contribution in [3.05, 3.63) is 127 Å². The monoisotopic (exact) mass is 592 g/mol. The lowest BCUT2D eigenvalue weighted by molar-refractivity contribution is -0.167. The number of halogens is 4. The minimum absolute atomic E-state index is 0.0236. The van der Waals surface area contributed by atoms with Crippen molar-refractivity contribution in [2.24, 2.45) is 0 Å². The van der Waals surface area contributed by atoms with Crippen LogP contribution in [0.25, 0.3) is 0 Å². The van der Waals surface area contributed by atoms with Crippen molar-refractivity contribution in [3.63, 3.8) is 0 Å². The Morgan fingerprint density at radius 2 is 1.00 bits per heavy atom. The molecule has 0 amide bonds. The Morgan fingerprint density at radius 3 is 1.40 bits per heavy atom. The topological polar surface area (TPSA) is 69.7 Å². The summed E-state index contributed by atoms with van der Waals surface area (Å²) in [7, 11) is -9.80. The van der Waals surface area contributed by atoms with Gasteiger partial charge in [0.2, 0.25) is 0 Å². The number of benzene rings is 4. The van der Waals surface area contributed by atoms with E-state index in [1.54, 1.807) is 60.7 Å². The van der Waals surface area contributed by atoms with Gasteiger partial charge in [-0.15, -0.1) is 0 Å². The molecule has 0 saturated heterocycles. The van der Waals surface area contributed by atoms with Gasteiger partial charge in [-0.3, -0.25) is 0 Å². The highest BCUT2D eigenvalue weighted by Crippen LogP contribution is 2.70. The second-order valence-electron chi connectivity index (χ2n) is 8.49. The van der Waals surface area contributed by atoms with Gasteiger partial charge in [0.05, 0.1) is 18.6 Å². The number of carbonyl (C=O) groups is 1. The van der Waals surface area contributed by atoms with E-state index in [0.717, 1.165) is 0 Å². The number of alkyl halides is 4. The van der Waals surface area contributed by atoms with Crippen molar-refractivity contribution in [2.45, 2.75) is 32.3 Å². The lowest BCUT2D eigenvalue weighted by atomic mass is 10.2. The number of hydrogen-bond acceptors (Lipinski definition) is 5. The van der Waals surface area contributed by atoms with Crippen LogP contribution in [0, 0.1) is 0 Å². The maximum atomic E-state index is 15.3. The Hall–Kier alpha value is -3.67. The Kier molecular flexibility index (Phi) is 8.67. The summed E-state index contributed by atoms with van der Waals surface area (Å²) in [5.74, 6) is -6.16. The fourth-order valence-electron chi connectivity index (χ4n) is 3.80. The normalized spacial score (nSPS) is 13.0. The first-order chi connectivity index (χ1) is 19.0. The molecular formula is C29H24F4O5S2. The van der Waals surface area contributed by atoms with Gasteiger partial charge < -0.3 is 4.74 Å². The van der Waals surface area contributed by atoms with Crippen LogP contribution >= 0.6 is 10.3 Å². The summed E-state index contributed by atoms with van der Waals surface area (Å²) in [5.41, 5.74) is 0.0236. The largest absolute Gasteiger partial charge is 0.462 e. The van der Waals surface area contributed by atoms with E-state index in [-0.39, 0.29) is 20.2 Å². The Balaban J connectivity index is 1.71. The third-order valence-electron chi connectivity index (χ3n) is 5.82. The smallest absolute Gasteiger partial charge is 0.432 e. The molecule has 0 N–H and O–H groups in total. The molecule has 0 aliphatic carbocycles. The summed E-state index contributed by atoms with van der Waals surface area (Å²) in [5, 5.41) is -5.67. The van der Waals surface area contributed by atoms with Gasteiger partial charge in [0, 0.05) is 14.7 Å². The summed E-state index contributed by atoms with van der Waals surface area (Å²) >= 11 is 0. The molecule has 0 aromatic heterocycles. The van der Waals surface area contributed by atoms with Crippen molar-refractivity contribution in [1.29, 1.82) is 0 Å². The van der Waals surface area contributed by atoms with E-state index in [1.807, 2.05) is 0 Å². The molecule has 0 bridgehead atoms. The van der Waals surface area contributed by atoms with Gasteiger partial charge in [0.15, 0.2) is 0 Å². The highest BCUT2D eigenvalue weighted by molar-refractivity contribution is 8.33. The molecule has 0 aliphatic rings. The molecule has 0 atom stereocenters. The van der Waals surface area contributed by atoms with Crippen LogP contribution in [0.3, 0.4) is 0 Å². The van der Waals surface area contributed by atoms with E-state index in [0.29, 0.717) is 0 Å². The zero-order valence-corrected chi connectivity index (χ0v) is 22.5. The van der Waals surface area contributed by atoms with Crippen LogP contribution in [0.1, 0.15) is 16.8 Å². The number of ether oxygens (including phenoxy) is 1. The summed E-state index contributed by atoms with van der Waals surface area (Å²) in [4.78, 5) is 12.6. The molecule has 0 heterocycles. The van der Waals surface area contributed by atoms with Crippen LogP contribution in [0.2, 0.25) is 0 Å². The summed E-state index contributed by atoms with van der Waals surface area (Å²) in [6.07, 6.45) is -1.76. The lowest BCUT2D eigenvalue weighted by Gasteiger charge is -2.40. The van der Waals surface area contributed by atoms with Gasteiger partial charge in [-0.1, -0.05) is 72.8 Å². The average molecular weight is 593 g/mol. The quantitative estimate of drug-likeness (QED) is 0.132. The molecule has 0 saturated carbocycles. The lowest BCUT2D eigenvalue weighted by Crippen LogP contribution is -2.48. The first kappa shape index (κ1) is 29.3. The third kappa shape index (κ3) is 5.77. The summed E-state index contributed by atoms with van der Waals surface area (Å²) in [6.45, 7) is -1.15. The molecule has 0 fully saturated rings. The minimum atomic E-state index is -6.31. The van der Waals surface area contributed by atoms with E-state index in [2.05, 4.69) is 0 Å². The summed E-state index contributed by atoms with van der Waals surface area (Å²) in [6, 6.07) is 30.6.